The van der Waals surface area contributed by atoms with Gasteiger partial charge in [0.25, 0.3) is 0 Å². The summed E-state index contributed by atoms with van der Waals surface area (Å²) in [5.41, 5.74) is 0.993. The van der Waals surface area contributed by atoms with Crippen LogP contribution in [0.5, 0.6) is 11.5 Å². The zero-order chi connectivity index (χ0) is 44.2. The van der Waals surface area contributed by atoms with E-state index in [1.165, 1.54) is 25.7 Å². The highest BCUT2D eigenvalue weighted by Gasteiger charge is 2.59. The van der Waals surface area contributed by atoms with Crippen molar-refractivity contribution in [2.75, 3.05) is 13.2 Å². The topological polar surface area (TPSA) is 166 Å². The number of fused-ring (bicyclic) bond motifs is 1. The average Bonchev–Trinajstić information content (AvgIpc) is 3.12. The quantitative estimate of drug-likeness (QED) is 0.0958. The Morgan fingerprint density at radius 2 is 1.08 bits per heavy atom. The van der Waals surface area contributed by atoms with E-state index in [0.717, 1.165) is 56.8 Å². The molecule has 326 valence electrons. The van der Waals surface area contributed by atoms with Crippen LogP contribution in [0.3, 0.4) is 0 Å². The minimum Gasteiger partial charge on any atom is -0.507 e. The van der Waals surface area contributed by atoms with Crippen LogP contribution in [0.4, 0.5) is 0 Å². The number of aromatic hydroxyl groups is 1. The summed E-state index contributed by atoms with van der Waals surface area (Å²) in [6, 6.07) is 10.3. The van der Waals surface area contributed by atoms with Gasteiger partial charge in [-0.05, 0) is 140 Å². The van der Waals surface area contributed by atoms with E-state index >= 15 is 0 Å². The van der Waals surface area contributed by atoms with Crippen molar-refractivity contribution >= 4 is 34.6 Å². The molecule has 0 spiro atoms. The number of hydrogen-bond acceptors (Lipinski definition) is 11. The van der Waals surface area contributed by atoms with Gasteiger partial charge >= 0.3 is 23.9 Å². The van der Waals surface area contributed by atoms with Gasteiger partial charge in [0.05, 0.1) is 12.2 Å². The van der Waals surface area contributed by atoms with Crippen molar-refractivity contribution in [2.45, 2.75) is 128 Å². The highest BCUT2D eigenvalue weighted by Crippen LogP contribution is 2.63. The first-order valence-electron chi connectivity index (χ1n) is 21.1. The third-order valence-corrected chi connectivity index (χ3v) is 12.7. The lowest BCUT2D eigenvalue weighted by Crippen LogP contribution is -2.60. The molecule has 0 radical (unpaired) electrons. The monoisotopic (exact) mass is 828 g/mol. The third kappa shape index (κ3) is 11.3. The fourth-order valence-electron chi connectivity index (χ4n) is 11.4. The van der Waals surface area contributed by atoms with E-state index in [1.807, 2.05) is 0 Å². The zero-order valence-electron chi connectivity index (χ0n) is 36.1. The molecule has 0 saturated heterocycles. The number of esters is 4. The van der Waals surface area contributed by atoms with Crippen LogP contribution in [0.25, 0.3) is 10.8 Å². The van der Waals surface area contributed by atoms with E-state index < -0.39 is 23.1 Å². The first-order chi connectivity index (χ1) is 28.1. The van der Waals surface area contributed by atoms with Crippen molar-refractivity contribution in [3.63, 3.8) is 0 Å². The first-order valence-corrected chi connectivity index (χ1v) is 21.1. The Balaban J connectivity index is 0.000000156. The summed E-state index contributed by atoms with van der Waals surface area (Å²) in [6.45, 7) is 23.1. The minimum atomic E-state index is -0.570. The summed E-state index contributed by atoms with van der Waals surface area (Å²) < 4.78 is 21.2. The standard InChI is InChI=1S/C15H22O2.C14H20O3.C14H12O3.C6H10O3/c1-10(2)13(16)17-15-7-11-4-12(8-15)6-14(3,5-11)9-15;1-9(2)12(15)17-14-6-10-3-11(7-14)5-13(16,4-10)8-14;1-9(2)14(16)17-13-8-4-5-10-11(13)6-3-7-12(10)15;1-5(2)6(8)9-4-3-7/h11-12H,1,4-9H2,2-3H3;10-11,16H,1,3-8H2,2H3;3-8,15H,1H2,2H3;7H,1,3-4H2,2H3. The van der Waals surface area contributed by atoms with Crippen molar-refractivity contribution in [3.05, 3.63) is 85.0 Å². The summed E-state index contributed by atoms with van der Waals surface area (Å²) >= 11 is 0. The zero-order valence-corrected chi connectivity index (χ0v) is 36.1. The normalized spacial score (nSPS) is 30.8. The molecule has 0 aliphatic heterocycles. The lowest BCUT2D eigenvalue weighted by molar-refractivity contribution is -0.217. The Labute approximate surface area is 354 Å². The number of carbonyl (C=O) groups excluding carboxylic acids is 4. The molecule has 2 aromatic carbocycles. The number of hydrogen-bond donors (Lipinski definition) is 3. The van der Waals surface area contributed by atoms with Gasteiger partial charge in [0, 0.05) is 39.5 Å². The molecular formula is C49H64O11. The van der Waals surface area contributed by atoms with E-state index in [2.05, 4.69) is 38.0 Å². The number of benzene rings is 2. The SMILES string of the molecule is C=C(C)C(=O)OC12CC3CC(CC(C)(C3)C1)C2.C=C(C)C(=O)OC12CC3CC(CC(O)(C3)C1)C2.C=C(C)C(=O)OCCO.C=C(C)C(=O)Oc1cccc2c(O)cccc12. The summed E-state index contributed by atoms with van der Waals surface area (Å²) in [5.74, 6) is 1.84. The fourth-order valence-corrected chi connectivity index (χ4v) is 11.4. The molecule has 4 unspecified atom stereocenters. The number of aliphatic hydroxyl groups is 2. The van der Waals surface area contributed by atoms with Crippen molar-refractivity contribution in [2.24, 2.45) is 29.1 Å². The van der Waals surface area contributed by atoms with Crippen LogP contribution in [-0.4, -0.2) is 69.2 Å². The first kappa shape index (κ1) is 46.3. The summed E-state index contributed by atoms with van der Waals surface area (Å²) in [7, 11) is 0. The van der Waals surface area contributed by atoms with Crippen molar-refractivity contribution < 1.29 is 53.4 Å². The molecule has 8 aliphatic rings. The minimum absolute atomic E-state index is 0.0473. The molecule has 10 rings (SSSR count). The average molecular weight is 829 g/mol. The van der Waals surface area contributed by atoms with E-state index in [1.54, 1.807) is 64.1 Å². The van der Waals surface area contributed by atoms with Crippen LogP contribution in [0, 0.1) is 29.1 Å². The van der Waals surface area contributed by atoms with E-state index in [0.29, 0.717) is 62.5 Å². The van der Waals surface area contributed by atoms with Crippen LogP contribution in [0.1, 0.15) is 112 Å². The number of phenols is 1. The maximum atomic E-state index is 11.8. The highest BCUT2D eigenvalue weighted by molar-refractivity contribution is 5.96. The van der Waals surface area contributed by atoms with Gasteiger partial charge in [-0.1, -0.05) is 57.5 Å². The number of rotatable bonds is 9. The summed E-state index contributed by atoms with van der Waals surface area (Å²) in [4.78, 5) is 45.5. The van der Waals surface area contributed by atoms with Crippen molar-refractivity contribution in [1.29, 1.82) is 0 Å². The molecule has 8 aliphatic carbocycles. The molecule has 8 fully saturated rings. The molecule has 0 heterocycles. The van der Waals surface area contributed by atoms with Crippen LogP contribution >= 0.6 is 0 Å². The van der Waals surface area contributed by atoms with E-state index in [-0.39, 0.29) is 36.5 Å². The Bertz CT molecular complexity index is 1920. The van der Waals surface area contributed by atoms with Gasteiger partial charge in [0.2, 0.25) is 0 Å². The smallest absolute Gasteiger partial charge is 0.338 e. The maximum Gasteiger partial charge on any atom is 0.338 e. The molecule has 2 aromatic rings. The van der Waals surface area contributed by atoms with Crippen LogP contribution in [0.2, 0.25) is 0 Å². The highest BCUT2D eigenvalue weighted by atomic mass is 16.6. The number of ether oxygens (including phenoxy) is 4. The largest absolute Gasteiger partial charge is 0.507 e. The molecule has 60 heavy (non-hydrogen) atoms. The summed E-state index contributed by atoms with van der Waals surface area (Å²) in [6.07, 6.45) is 12.8. The van der Waals surface area contributed by atoms with Crippen LogP contribution in [-0.2, 0) is 33.4 Å². The predicted molar refractivity (Wildman–Crippen MR) is 229 cm³/mol. The summed E-state index contributed by atoms with van der Waals surface area (Å²) in [5, 5.41) is 29.7. The molecule has 0 aromatic heterocycles. The van der Waals surface area contributed by atoms with Crippen LogP contribution in [0.15, 0.2) is 85.0 Å². The Morgan fingerprint density at radius 1 is 0.633 bits per heavy atom. The van der Waals surface area contributed by atoms with Crippen molar-refractivity contribution in [1.82, 2.24) is 0 Å². The molecule has 11 heteroatoms. The molecule has 8 saturated carbocycles. The van der Waals surface area contributed by atoms with Gasteiger partial charge in [0.1, 0.15) is 29.3 Å². The van der Waals surface area contributed by atoms with Gasteiger partial charge in [0.15, 0.2) is 0 Å². The number of carbonyl (C=O) groups is 4. The van der Waals surface area contributed by atoms with Gasteiger partial charge in [-0.3, -0.25) is 0 Å². The Kier molecular flexibility index (Phi) is 14.3. The molecule has 8 bridgehead atoms. The van der Waals surface area contributed by atoms with Gasteiger partial charge in [-0.25, -0.2) is 19.2 Å². The Hall–Kier alpha value is -4.74. The maximum absolute atomic E-state index is 11.8. The molecule has 4 atom stereocenters. The van der Waals surface area contributed by atoms with Gasteiger partial charge in [-0.2, -0.15) is 0 Å². The van der Waals surface area contributed by atoms with Crippen LogP contribution < -0.4 is 4.74 Å². The second-order valence-electron chi connectivity index (χ2n) is 19.1. The van der Waals surface area contributed by atoms with Gasteiger partial charge in [-0.15, -0.1) is 0 Å². The second-order valence-corrected chi connectivity index (χ2v) is 19.1. The second kappa shape index (κ2) is 18.5. The molecule has 11 nitrogen and oxygen atoms in total. The van der Waals surface area contributed by atoms with E-state index in [9.17, 15) is 29.4 Å². The molecule has 0 amide bonds. The number of aliphatic hydroxyl groups excluding tert-OH is 1. The van der Waals surface area contributed by atoms with Crippen molar-refractivity contribution in [3.8, 4) is 11.5 Å². The van der Waals surface area contributed by atoms with E-state index in [4.69, 9.17) is 19.3 Å². The van der Waals surface area contributed by atoms with Gasteiger partial charge < -0.3 is 34.3 Å². The molecule has 3 N–H and O–H groups in total. The molecular weight excluding hydrogens is 765 g/mol. The lowest BCUT2D eigenvalue weighted by Gasteiger charge is -2.60. The fraction of sp³-hybridized carbons (Fsp3) is 0.551. The Morgan fingerprint density at radius 3 is 1.53 bits per heavy atom. The lowest BCUT2D eigenvalue weighted by atomic mass is 9.48. The predicted octanol–water partition coefficient (Wildman–Crippen LogP) is 8.78. The number of phenolic OH excluding ortho intramolecular Hbond substituents is 1. The third-order valence-electron chi connectivity index (χ3n) is 12.7.